The molecule has 1 rings (SSSR count). The number of esters is 1. The van der Waals surface area contributed by atoms with Gasteiger partial charge in [0.15, 0.2) is 0 Å². The lowest BCUT2D eigenvalue weighted by atomic mass is 9.97. The van der Waals surface area contributed by atoms with E-state index in [1.165, 1.54) is 12.7 Å². The normalized spacial score (nSPS) is 15.1. The molecule has 0 aliphatic carbocycles. The zero-order chi connectivity index (χ0) is 15.9. The maximum Gasteiger partial charge on any atom is 0.325 e. The Balaban J connectivity index is 2.52. The Morgan fingerprint density at radius 1 is 1.38 bits per heavy atom. The topological polar surface area (TPSA) is 61.5 Å². The van der Waals surface area contributed by atoms with E-state index in [0.29, 0.717) is 25.4 Å². The van der Waals surface area contributed by atoms with Crippen LogP contribution < -0.4 is 10.5 Å². The van der Waals surface area contributed by atoms with Crippen molar-refractivity contribution in [3.8, 4) is 5.75 Å². The van der Waals surface area contributed by atoms with E-state index in [9.17, 15) is 4.79 Å². The first-order valence-electron chi connectivity index (χ1n) is 7.51. The van der Waals surface area contributed by atoms with E-state index >= 15 is 0 Å². The van der Waals surface area contributed by atoms with Crippen molar-refractivity contribution < 1.29 is 14.3 Å². The fraction of sp³-hybridized carbons (Fsp3) is 0.588. The number of nitrogens with two attached hydrogens (primary N) is 1. The highest BCUT2D eigenvalue weighted by Gasteiger charge is 2.28. The maximum atomic E-state index is 11.5. The molecule has 118 valence electrons. The average Bonchev–Trinajstić information content (AvgIpc) is 2.50. The predicted molar refractivity (Wildman–Crippen MR) is 84.5 cm³/mol. The van der Waals surface area contributed by atoms with Crippen molar-refractivity contribution in [3.05, 3.63) is 29.8 Å². The highest BCUT2D eigenvalue weighted by Crippen LogP contribution is 2.28. The lowest BCUT2D eigenvalue weighted by Gasteiger charge is -2.21. The fourth-order valence-electron chi connectivity index (χ4n) is 2.20. The molecule has 1 aromatic rings. The second-order valence-corrected chi connectivity index (χ2v) is 5.71. The Morgan fingerprint density at radius 3 is 2.67 bits per heavy atom. The Bertz CT molecular complexity index is 457. The number of para-hydroxylation sites is 1. The largest absolute Gasteiger partial charge is 0.493 e. The van der Waals surface area contributed by atoms with Crippen LogP contribution in [0.2, 0.25) is 0 Å². The Labute approximate surface area is 127 Å². The molecule has 21 heavy (non-hydrogen) atoms. The smallest absolute Gasteiger partial charge is 0.325 e. The van der Waals surface area contributed by atoms with E-state index in [-0.39, 0.29) is 5.97 Å². The van der Waals surface area contributed by atoms with Gasteiger partial charge in [0.1, 0.15) is 11.3 Å². The summed E-state index contributed by atoms with van der Waals surface area (Å²) in [4.78, 5) is 11.5. The highest BCUT2D eigenvalue weighted by molar-refractivity contribution is 5.79. The molecule has 4 nitrogen and oxygen atoms in total. The third kappa shape index (κ3) is 5.05. The first-order valence-corrected chi connectivity index (χ1v) is 7.51. The van der Waals surface area contributed by atoms with Crippen LogP contribution in [0, 0.1) is 0 Å². The summed E-state index contributed by atoms with van der Waals surface area (Å²) in [6.45, 7) is 6.58. The van der Waals surface area contributed by atoms with Crippen LogP contribution in [-0.4, -0.2) is 25.2 Å². The molecule has 0 aromatic heterocycles. The summed E-state index contributed by atoms with van der Waals surface area (Å²) in [5.41, 5.74) is 6.20. The summed E-state index contributed by atoms with van der Waals surface area (Å²) in [7, 11) is 1.35. The van der Waals surface area contributed by atoms with E-state index < -0.39 is 5.54 Å². The van der Waals surface area contributed by atoms with Crippen LogP contribution in [0.1, 0.15) is 51.5 Å². The number of benzene rings is 1. The van der Waals surface area contributed by atoms with Gasteiger partial charge in [-0.25, -0.2) is 0 Å². The average molecular weight is 293 g/mol. The van der Waals surface area contributed by atoms with Crippen LogP contribution in [0.3, 0.4) is 0 Å². The van der Waals surface area contributed by atoms with Crippen LogP contribution in [-0.2, 0) is 9.53 Å². The van der Waals surface area contributed by atoms with Crippen LogP contribution >= 0.6 is 0 Å². The van der Waals surface area contributed by atoms with Crippen LogP contribution in [0.15, 0.2) is 24.3 Å². The number of hydrogen-bond acceptors (Lipinski definition) is 4. The number of hydrogen-bond donors (Lipinski definition) is 1. The summed E-state index contributed by atoms with van der Waals surface area (Å²) in [6, 6.07) is 8.10. The van der Waals surface area contributed by atoms with Crippen molar-refractivity contribution in [1.82, 2.24) is 0 Å². The lowest BCUT2D eigenvalue weighted by molar-refractivity contribution is -0.146. The molecule has 4 heteroatoms. The van der Waals surface area contributed by atoms with Gasteiger partial charge >= 0.3 is 5.97 Å². The number of carbonyl (C=O) groups excluding carboxylic acids is 1. The summed E-state index contributed by atoms with van der Waals surface area (Å²) in [5, 5.41) is 0. The molecule has 0 aliphatic heterocycles. The molecular formula is C17H27NO3. The van der Waals surface area contributed by atoms with Gasteiger partial charge in [-0.05, 0) is 43.7 Å². The third-order valence-electron chi connectivity index (χ3n) is 3.81. The maximum absolute atomic E-state index is 11.5. The molecule has 2 atom stereocenters. The van der Waals surface area contributed by atoms with Crippen molar-refractivity contribution in [3.63, 3.8) is 0 Å². The summed E-state index contributed by atoms with van der Waals surface area (Å²) in [6.07, 6.45) is 2.31. The van der Waals surface area contributed by atoms with Gasteiger partial charge in [-0.3, -0.25) is 4.79 Å². The molecule has 0 radical (unpaired) electrons. The number of ether oxygens (including phenoxy) is 2. The molecule has 2 N–H and O–H groups in total. The van der Waals surface area contributed by atoms with E-state index in [1.807, 2.05) is 18.2 Å². The van der Waals surface area contributed by atoms with Gasteiger partial charge < -0.3 is 15.2 Å². The van der Waals surface area contributed by atoms with Gasteiger partial charge in [0.25, 0.3) is 0 Å². The Hall–Kier alpha value is -1.55. The molecule has 0 saturated carbocycles. The van der Waals surface area contributed by atoms with Crippen LogP contribution in [0.5, 0.6) is 5.75 Å². The number of carbonyl (C=O) groups is 1. The van der Waals surface area contributed by atoms with Gasteiger partial charge in [0.2, 0.25) is 0 Å². The molecule has 2 unspecified atom stereocenters. The van der Waals surface area contributed by atoms with Crippen molar-refractivity contribution in [2.45, 2.75) is 51.5 Å². The van der Waals surface area contributed by atoms with Gasteiger partial charge in [-0.1, -0.05) is 32.0 Å². The quantitative estimate of drug-likeness (QED) is 0.590. The van der Waals surface area contributed by atoms with Gasteiger partial charge in [0, 0.05) is 0 Å². The monoisotopic (exact) mass is 293 g/mol. The zero-order valence-corrected chi connectivity index (χ0v) is 13.5. The lowest BCUT2D eigenvalue weighted by Crippen LogP contribution is -2.45. The zero-order valence-electron chi connectivity index (χ0n) is 13.5. The van der Waals surface area contributed by atoms with Crippen LogP contribution in [0.4, 0.5) is 0 Å². The molecule has 0 fully saturated rings. The van der Waals surface area contributed by atoms with Crippen molar-refractivity contribution >= 4 is 5.97 Å². The van der Waals surface area contributed by atoms with Gasteiger partial charge in [-0.15, -0.1) is 0 Å². The standard InChI is InChI=1S/C17H27NO3/c1-5-13(2)14-9-6-7-10-15(14)21-12-8-11-17(3,18)16(19)20-4/h6-7,9-10,13H,5,8,11-12,18H2,1-4H3. The van der Waals surface area contributed by atoms with E-state index in [1.54, 1.807) is 6.92 Å². The molecule has 0 bridgehead atoms. The van der Waals surface area contributed by atoms with Gasteiger partial charge in [-0.2, -0.15) is 0 Å². The van der Waals surface area contributed by atoms with Crippen LogP contribution in [0.25, 0.3) is 0 Å². The van der Waals surface area contributed by atoms with Crippen molar-refractivity contribution in [2.24, 2.45) is 5.73 Å². The molecule has 0 aliphatic rings. The molecule has 0 amide bonds. The highest BCUT2D eigenvalue weighted by atomic mass is 16.5. The molecular weight excluding hydrogens is 266 g/mol. The summed E-state index contributed by atoms with van der Waals surface area (Å²) in [5.74, 6) is 1.00. The Kier molecular flexibility index (Phi) is 6.69. The van der Waals surface area contributed by atoms with E-state index in [4.69, 9.17) is 15.2 Å². The first kappa shape index (κ1) is 17.5. The fourth-order valence-corrected chi connectivity index (χ4v) is 2.20. The van der Waals surface area contributed by atoms with Gasteiger partial charge in [0.05, 0.1) is 13.7 Å². The SMILES string of the molecule is CCC(C)c1ccccc1OCCCC(C)(N)C(=O)OC. The second-order valence-electron chi connectivity index (χ2n) is 5.71. The minimum absolute atomic E-state index is 0.387. The number of rotatable bonds is 8. The third-order valence-corrected chi connectivity index (χ3v) is 3.81. The van der Waals surface area contributed by atoms with E-state index in [2.05, 4.69) is 19.9 Å². The molecule has 1 aromatic carbocycles. The van der Waals surface area contributed by atoms with E-state index in [0.717, 1.165) is 12.2 Å². The molecule has 0 saturated heterocycles. The first-order chi connectivity index (χ1) is 9.92. The minimum atomic E-state index is -0.950. The second kappa shape index (κ2) is 8.03. The minimum Gasteiger partial charge on any atom is -0.493 e. The summed E-state index contributed by atoms with van der Waals surface area (Å²) < 4.78 is 10.6. The summed E-state index contributed by atoms with van der Waals surface area (Å²) >= 11 is 0. The molecule has 0 heterocycles. The Morgan fingerprint density at radius 2 is 2.05 bits per heavy atom. The number of methoxy groups -OCH3 is 1. The molecule has 0 spiro atoms. The van der Waals surface area contributed by atoms with Crippen molar-refractivity contribution in [2.75, 3.05) is 13.7 Å². The predicted octanol–water partition coefficient (Wildman–Crippen LogP) is 3.25. The van der Waals surface area contributed by atoms with Crippen molar-refractivity contribution in [1.29, 1.82) is 0 Å².